The van der Waals surface area contributed by atoms with Crippen molar-refractivity contribution in [1.82, 2.24) is 10.2 Å². The molecule has 2 N–H and O–H groups in total. The van der Waals surface area contributed by atoms with Crippen LogP contribution in [-0.2, 0) is 12.8 Å². The monoisotopic (exact) mass is 518 g/mol. The molecule has 0 saturated heterocycles. The third kappa shape index (κ3) is 5.39. The molecule has 0 aliphatic carbocycles. The van der Waals surface area contributed by atoms with Crippen LogP contribution in [0.15, 0.2) is 43.1 Å². The molecule has 1 aromatic heterocycles. The van der Waals surface area contributed by atoms with E-state index in [0.717, 1.165) is 36.2 Å². The van der Waals surface area contributed by atoms with E-state index in [9.17, 15) is 22.7 Å². The second-order valence-electron chi connectivity index (χ2n) is 9.38. The number of rotatable bonds is 8. The molecule has 0 spiro atoms. The lowest BCUT2D eigenvalue weighted by Gasteiger charge is -2.25. The lowest BCUT2D eigenvalue weighted by Crippen LogP contribution is -2.11. The third-order valence-corrected chi connectivity index (χ3v) is 6.73. The molecule has 3 aromatic rings. The zero-order valence-corrected chi connectivity index (χ0v) is 21.5. The summed E-state index contributed by atoms with van der Waals surface area (Å²) in [4.78, 5) is 0. The van der Waals surface area contributed by atoms with Crippen molar-refractivity contribution >= 4 is 11.1 Å². The van der Waals surface area contributed by atoms with Gasteiger partial charge in [0.2, 0.25) is 0 Å². The highest BCUT2D eigenvalue weighted by atomic mass is 19.4. The molecule has 8 heteroatoms. The van der Waals surface area contributed by atoms with Gasteiger partial charge in [-0.1, -0.05) is 46.4 Å². The number of H-pyrrole nitrogens is 1. The van der Waals surface area contributed by atoms with E-state index in [1.165, 1.54) is 0 Å². The lowest BCUT2D eigenvalue weighted by atomic mass is 9.80. The number of hydrogen-bond acceptors (Lipinski definition) is 2. The van der Waals surface area contributed by atoms with E-state index < -0.39 is 35.5 Å². The number of allylic oxidation sites excluding steroid dienone is 3. The molecule has 0 saturated carbocycles. The molecule has 0 fully saturated rings. The molecule has 37 heavy (non-hydrogen) atoms. The maximum absolute atomic E-state index is 15.2. The quantitative estimate of drug-likeness (QED) is 0.232. The maximum atomic E-state index is 15.2. The summed E-state index contributed by atoms with van der Waals surface area (Å²) in [6, 6.07) is 4.31. The third-order valence-electron chi connectivity index (χ3n) is 6.73. The van der Waals surface area contributed by atoms with Gasteiger partial charge in [0, 0.05) is 16.7 Å². The van der Waals surface area contributed by atoms with Crippen LogP contribution in [0.1, 0.15) is 86.3 Å². The van der Waals surface area contributed by atoms with E-state index in [4.69, 9.17) is 0 Å². The van der Waals surface area contributed by atoms with Gasteiger partial charge >= 0.3 is 6.18 Å². The summed E-state index contributed by atoms with van der Waals surface area (Å²) in [6.45, 7) is 12.4. The first-order valence-electron chi connectivity index (χ1n) is 12.1. The SMILES string of the molecule is C=C(/C(=C/C)c1c(-c2[nH]ncc2C(C)CC)cc(C(F)(F)F)cc1C(C)C)c1c(F)ccc(CO)c1F. The fourth-order valence-corrected chi connectivity index (χ4v) is 4.48. The van der Waals surface area contributed by atoms with Gasteiger partial charge in [-0.05, 0) is 65.7 Å². The Morgan fingerprint density at radius 2 is 1.78 bits per heavy atom. The number of benzene rings is 2. The first kappa shape index (κ1) is 28.3. The standard InChI is InChI=1S/C29H31F5N2O/c1-7-16(5)23-13-35-36-28(23)22-12-19(29(32,33)34)11-21(15(3)4)26(22)20(8-2)17(6)25-24(30)10-9-18(14-37)27(25)31/h8-13,15-16,37H,6-7,14H2,1-5H3,(H,35,36)/b20-8-. The summed E-state index contributed by atoms with van der Waals surface area (Å²) in [5.74, 6) is -2.23. The fraction of sp³-hybridized carbons (Fsp3) is 0.345. The first-order valence-corrected chi connectivity index (χ1v) is 12.1. The van der Waals surface area contributed by atoms with Crippen LogP contribution in [0, 0.1) is 11.6 Å². The highest BCUT2D eigenvalue weighted by Gasteiger charge is 2.34. The van der Waals surface area contributed by atoms with Gasteiger partial charge in [0.25, 0.3) is 0 Å². The zero-order valence-electron chi connectivity index (χ0n) is 21.5. The number of aliphatic hydroxyl groups excluding tert-OH is 1. The van der Waals surface area contributed by atoms with Crippen molar-refractivity contribution in [3.8, 4) is 11.3 Å². The first-order chi connectivity index (χ1) is 17.4. The number of hydrogen-bond donors (Lipinski definition) is 2. The lowest BCUT2D eigenvalue weighted by molar-refractivity contribution is -0.137. The Morgan fingerprint density at radius 1 is 1.11 bits per heavy atom. The number of alkyl halides is 3. The Labute approximate surface area is 213 Å². The smallest absolute Gasteiger partial charge is 0.392 e. The van der Waals surface area contributed by atoms with Crippen molar-refractivity contribution in [2.45, 2.75) is 65.7 Å². The number of aromatic amines is 1. The molecule has 1 unspecified atom stereocenters. The van der Waals surface area contributed by atoms with Crippen molar-refractivity contribution in [1.29, 1.82) is 0 Å². The molecule has 0 aliphatic rings. The second-order valence-corrected chi connectivity index (χ2v) is 9.38. The summed E-state index contributed by atoms with van der Waals surface area (Å²) in [6.07, 6.45) is -0.708. The van der Waals surface area contributed by atoms with Gasteiger partial charge in [-0.2, -0.15) is 18.3 Å². The van der Waals surface area contributed by atoms with Crippen LogP contribution in [0.3, 0.4) is 0 Å². The topological polar surface area (TPSA) is 48.9 Å². The molecule has 1 atom stereocenters. The summed E-state index contributed by atoms with van der Waals surface area (Å²) < 4.78 is 72.2. The molecular formula is C29H31F5N2O. The Hall–Kier alpha value is -3.26. The number of halogens is 5. The summed E-state index contributed by atoms with van der Waals surface area (Å²) in [5, 5.41) is 16.5. The average Bonchev–Trinajstić information content (AvgIpc) is 3.33. The van der Waals surface area contributed by atoms with E-state index in [1.807, 2.05) is 13.8 Å². The van der Waals surface area contributed by atoms with Crippen LogP contribution in [-0.4, -0.2) is 15.3 Å². The van der Waals surface area contributed by atoms with Crippen LogP contribution in [0.2, 0.25) is 0 Å². The van der Waals surface area contributed by atoms with Crippen molar-refractivity contribution in [3.05, 3.63) is 88.1 Å². The van der Waals surface area contributed by atoms with Gasteiger partial charge < -0.3 is 5.11 Å². The van der Waals surface area contributed by atoms with E-state index in [-0.39, 0.29) is 34.1 Å². The van der Waals surface area contributed by atoms with Gasteiger partial charge in [0.1, 0.15) is 11.6 Å². The highest BCUT2D eigenvalue weighted by molar-refractivity contribution is 6.08. The molecule has 198 valence electrons. The van der Waals surface area contributed by atoms with Crippen molar-refractivity contribution in [3.63, 3.8) is 0 Å². The number of aromatic nitrogens is 2. The van der Waals surface area contributed by atoms with Crippen LogP contribution in [0.25, 0.3) is 22.4 Å². The largest absolute Gasteiger partial charge is 0.416 e. The van der Waals surface area contributed by atoms with E-state index in [1.54, 1.807) is 33.0 Å². The molecule has 1 heterocycles. The van der Waals surface area contributed by atoms with Gasteiger partial charge in [-0.25, -0.2) is 8.78 Å². The van der Waals surface area contributed by atoms with E-state index in [0.29, 0.717) is 16.8 Å². The Morgan fingerprint density at radius 3 is 2.32 bits per heavy atom. The van der Waals surface area contributed by atoms with Gasteiger partial charge in [0.05, 0.1) is 29.6 Å². The van der Waals surface area contributed by atoms with Crippen LogP contribution < -0.4 is 0 Å². The Kier molecular flexibility index (Phi) is 8.42. The molecular weight excluding hydrogens is 487 g/mol. The molecule has 2 aromatic carbocycles. The predicted molar refractivity (Wildman–Crippen MR) is 137 cm³/mol. The number of nitrogens with one attached hydrogen (secondary N) is 1. The van der Waals surface area contributed by atoms with Crippen LogP contribution >= 0.6 is 0 Å². The van der Waals surface area contributed by atoms with E-state index in [2.05, 4.69) is 16.8 Å². The molecule has 0 radical (unpaired) electrons. The van der Waals surface area contributed by atoms with Gasteiger partial charge in [-0.3, -0.25) is 5.10 Å². The number of aliphatic hydroxyl groups is 1. The second kappa shape index (κ2) is 11.0. The number of nitrogens with zero attached hydrogens (tertiary/aromatic N) is 1. The predicted octanol–water partition coefficient (Wildman–Crippen LogP) is 8.62. The Balaban J connectivity index is 2.43. The normalized spacial score (nSPS) is 13.4. The zero-order chi connectivity index (χ0) is 27.7. The Bertz CT molecular complexity index is 1330. The molecule has 0 amide bonds. The van der Waals surface area contributed by atoms with E-state index >= 15 is 4.39 Å². The molecule has 0 bridgehead atoms. The minimum absolute atomic E-state index is 0.00738. The minimum Gasteiger partial charge on any atom is -0.392 e. The highest BCUT2D eigenvalue weighted by Crippen LogP contribution is 2.46. The summed E-state index contributed by atoms with van der Waals surface area (Å²) >= 11 is 0. The summed E-state index contributed by atoms with van der Waals surface area (Å²) in [5.41, 5.74) is 0.961. The molecule has 3 rings (SSSR count). The van der Waals surface area contributed by atoms with Crippen LogP contribution in [0.5, 0.6) is 0 Å². The van der Waals surface area contributed by atoms with Crippen molar-refractivity contribution in [2.75, 3.05) is 0 Å². The molecule has 0 aliphatic heterocycles. The average molecular weight is 519 g/mol. The fourth-order valence-electron chi connectivity index (χ4n) is 4.48. The minimum atomic E-state index is -4.62. The van der Waals surface area contributed by atoms with Crippen molar-refractivity contribution in [2.24, 2.45) is 0 Å². The van der Waals surface area contributed by atoms with Gasteiger partial charge in [0.15, 0.2) is 0 Å². The maximum Gasteiger partial charge on any atom is 0.416 e. The van der Waals surface area contributed by atoms with Gasteiger partial charge in [-0.15, -0.1) is 0 Å². The van der Waals surface area contributed by atoms with Crippen molar-refractivity contribution < 1.29 is 27.1 Å². The molecule has 3 nitrogen and oxygen atoms in total. The summed E-state index contributed by atoms with van der Waals surface area (Å²) in [7, 11) is 0. The van der Waals surface area contributed by atoms with Crippen LogP contribution in [0.4, 0.5) is 22.0 Å².